The zero-order valence-corrected chi connectivity index (χ0v) is 10.4. The smallest absolute Gasteiger partial charge is 0.147 e. The fourth-order valence-corrected chi connectivity index (χ4v) is 2.06. The van der Waals surface area contributed by atoms with Crippen LogP contribution in [0.2, 0.25) is 0 Å². The topological polar surface area (TPSA) is 64.0 Å². The second kappa shape index (κ2) is 6.65. The summed E-state index contributed by atoms with van der Waals surface area (Å²) >= 11 is 0. The monoisotopic (exact) mass is 245 g/mol. The van der Waals surface area contributed by atoms with E-state index >= 15 is 0 Å². The fourth-order valence-electron chi connectivity index (χ4n) is 1.39. The van der Waals surface area contributed by atoms with Gasteiger partial charge in [-0.3, -0.25) is 0 Å². The van der Waals surface area contributed by atoms with Gasteiger partial charge in [-0.15, -0.1) is 0 Å². The first-order valence-electron chi connectivity index (χ1n) is 5.42. The molecule has 0 aromatic carbocycles. The number of hydrogen-bond acceptors (Lipinski definition) is 4. The molecule has 1 N–H and O–H groups in total. The van der Waals surface area contributed by atoms with Gasteiger partial charge in [-0.2, -0.15) is 0 Å². The molecule has 0 aliphatic rings. The predicted molar refractivity (Wildman–Crippen MR) is 64.0 cm³/mol. The summed E-state index contributed by atoms with van der Waals surface area (Å²) < 4.78 is 23.7. The number of sulfone groups is 1. The van der Waals surface area contributed by atoms with Gasteiger partial charge in [0.15, 0.2) is 0 Å². The van der Waals surface area contributed by atoms with Crippen molar-refractivity contribution in [2.24, 2.45) is 0 Å². The summed E-state index contributed by atoms with van der Waals surface area (Å²) in [5, 5.41) is 3.22. The molecule has 0 saturated heterocycles. The van der Waals surface area contributed by atoms with E-state index < -0.39 is 9.84 Å². The van der Waals surface area contributed by atoms with Crippen LogP contribution in [0.1, 0.15) is 12.8 Å². The lowest BCUT2D eigenvalue weighted by atomic mass is 10.4. The normalized spacial score (nSPS) is 11.8. The van der Waals surface area contributed by atoms with Crippen LogP contribution in [-0.4, -0.2) is 43.1 Å². The van der Waals surface area contributed by atoms with Crippen molar-refractivity contribution in [3.8, 4) is 0 Å². The Bertz CT molecular complexity index is 373. The van der Waals surface area contributed by atoms with Gasteiger partial charge in [-0.25, -0.2) is 13.4 Å². The van der Waals surface area contributed by atoms with E-state index in [0.29, 0.717) is 6.42 Å². The molecule has 0 atom stereocenters. The second-order valence-corrected chi connectivity index (χ2v) is 6.15. The average molecular weight is 245 g/mol. The molecule has 0 saturated carbocycles. The molecule has 5 nitrogen and oxygen atoms in total. The van der Waals surface area contributed by atoms with Gasteiger partial charge in [-0.1, -0.05) is 0 Å². The molecule has 92 valence electrons. The lowest BCUT2D eigenvalue weighted by Crippen LogP contribution is -2.20. The molecular weight excluding hydrogens is 226 g/mol. The molecule has 0 unspecified atom stereocenters. The first-order chi connectivity index (χ1) is 7.58. The van der Waals surface area contributed by atoms with Gasteiger partial charge in [0, 0.05) is 25.2 Å². The molecule has 0 aliphatic heterocycles. The zero-order chi connectivity index (χ0) is 11.9. The van der Waals surface area contributed by atoms with Crippen LogP contribution in [-0.2, 0) is 16.4 Å². The molecule has 6 heteroatoms. The molecule has 0 bridgehead atoms. The standard InChI is InChI=1S/C10H19N3O2S/c1-16(14,15)9-3-5-11-4-2-7-13-8-6-12-10-13/h6,8,10-11H,2-5,7,9H2,1H3. The van der Waals surface area contributed by atoms with Crippen molar-refractivity contribution >= 4 is 9.84 Å². The van der Waals surface area contributed by atoms with Crippen molar-refractivity contribution in [2.75, 3.05) is 25.1 Å². The molecule has 1 rings (SSSR count). The van der Waals surface area contributed by atoms with E-state index in [9.17, 15) is 8.42 Å². The number of hydrogen-bond donors (Lipinski definition) is 1. The van der Waals surface area contributed by atoms with Gasteiger partial charge in [-0.05, 0) is 25.9 Å². The summed E-state index contributed by atoms with van der Waals surface area (Å²) in [6.45, 7) is 2.61. The van der Waals surface area contributed by atoms with Gasteiger partial charge < -0.3 is 9.88 Å². The molecule has 16 heavy (non-hydrogen) atoms. The average Bonchev–Trinajstić information content (AvgIpc) is 2.67. The summed E-state index contributed by atoms with van der Waals surface area (Å²) in [5.41, 5.74) is 0. The number of imidazole rings is 1. The molecular formula is C10H19N3O2S. The Morgan fingerprint density at radius 3 is 2.69 bits per heavy atom. The Morgan fingerprint density at radius 1 is 1.31 bits per heavy atom. The number of aryl methyl sites for hydroxylation is 1. The summed E-state index contributed by atoms with van der Waals surface area (Å²) in [4.78, 5) is 3.95. The van der Waals surface area contributed by atoms with Crippen molar-refractivity contribution in [1.82, 2.24) is 14.9 Å². The molecule has 0 radical (unpaired) electrons. The maximum absolute atomic E-state index is 10.8. The largest absolute Gasteiger partial charge is 0.337 e. The first kappa shape index (κ1) is 13.2. The van der Waals surface area contributed by atoms with Gasteiger partial charge in [0.05, 0.1) is 12.1 Å². The molecule has 0 fully saturated rings. The third-order valence-corrected chi connectivity index (χ3v) is 3.23. The number of nitrogens with zero attached hydrogens (tertiary/aromatic N) is 2. The minimum absolute atomic E-state index is 0.265. The SMILES string of the molecule is CS(=O)(=O)CCCNCCCn1ccnc1. The minimum atomic E-state index is -2.80. The van der Waals surface area contributed by atoms with E-state index in [-0.39, 0.29) is 5.75 Å². The second-order valence-electron chi connectivity index (χ2n) is 3.89. The Morgan fingerprint density at radius 2 is 2.06 bits per heavy atom. The lowest BCUT2D eigenvalue weighted by Gasteiger charge is -2.04. The summed E-state index contributed by atoms with van der Waals surface area (Å²) in [6, 6.07) is 0. The van der Waals surface area contributed by atoms with Crippen LogP contribution in [0.5, 0.6) is 0 Å². The van der Waals surface area contributed by atoms with Gasteiger partial charge in [0.2, 0.25) is 0 Å². The number of nitrogens with one attached hydrogen (secondary N) is 1. The molecule has 0 aliphatic carbocycles. The quantitative estimate of drug-likeness (QED) is 0.669. The summed E-state index contributed by atoms with van der Waals surface area (Å²) in [7, 11) is -2.80. The maximum atomic E-state index is 10.8. The highest BCUT2D eigenvalue weighted by molar-refractivity contribution is 7.90. The third kappa shape index (κ3) is 6.58. The highest BCUT2D eigenvalue weighted by Gasteiger charge is 2.00. The van der Waals surface area contributed by atoms with E-state index in [1.54, 1.807) is 12.5 Å². The van der Waals surface area contributed by atoms with Crippen LogP contribution in [0.25, 0.3) is 0 Å². The Hall–Kier alpha value is -0.880. The van der Waals surface area contributed by atoms with Crippen LogP contribution < -0.4 is 5.32 Å². The first-order valence-corrected chi connectivity index (χ1v) is 7.48. The van der Waals surface area contributed by atoms with Crippen LogP contribution in [0, 0.1) is 0 Å². The van der Waals surface area contributed by atoms with Gasteiger partial charge in [0.25, 0.3) is 0 Å². The van der Waals surface area contributed by atoms with Crippen molar-refractivity contribution in [1.29, 1.82) is 0 Å². The predicted octanol–water partition coefficient (Wildman–Crippen LogP) is 0.298. The van der Waals surface area contributed by atoms with Crippen LogP contribution in [0.3, 0.4) is 0 Å². The highest BCUT2D eigenvalue weighted by atomic mass is 32.2. The van der Waals surface area contributed by atoms with E-state index in [1.165, 1.54) is 6.26 Å². The fraction of sp³-hybridized carbons (Fsp3) is 0.700. The van der Waals surface area contributed by atoms with E-state index in [1.807, 2.05) is 10.8 Å². The molecule has 1 aromatic heterocycles. The van der Waals surface area contributed by atoms with E-state index in [2.05, 4.69) is 10.3 Å². The Balaban J connectivity index is 1.93. The van der Waals surface area contributed by atoms with Crippen molar-refractivity contribution in [2.45, 2.75) is 19.4 Å². The molecule has 1 heterocycles. The molecule has 0 spiro atoms. The third-order valence-electron chi connectivity index (χ3n) is 2.20. The van der Waals surface area contributed by atoms with E-state index in [4.69, 9.17) is 0 Å². The van der Waals surface area contributed by atoms with Crippen molar-refractivity contribution in [3.63, 3.8) is 0 Å². The zero-order valence-electron chi connectivity index (χ0n) is 9.59. The Kier molecular flexibility index (Phi) is 5.48. The van der Waals surface area contributed by atoms with Crippen LogP contribution >= 0.6 is 0 Å². The summed E-state index contributed by atoms with van der Waals surface area (Å²) in [5.74, 6) is 0.265. The molecule has 1 aromatic rings. The van der Waals surface area contributed by atoms with Crippen LogP contribution in [0.4, 0.5) is 0 Å². The van der Waals surface area contributed by atoms with Gasteiger partial charge >= 0.3 is 0 Å². The summed E-state index contributed by atoms with van der Waals surface area (Å²) in [6.07, 6.45) is 8.47. The number of aromatic nitrogens is 2. The van der Waals surface area contributed by atoms with Crippen molar-refractivity contribution in [3.05, 3.63) is 18.7 Å². The van der Waals surface area contributed by atoms with E-state index in [0.717, 1.165) is 26.1 Å². The van der Waals surface area contributed by atoms with Crippen molar-refractivity contribution < 1.29 is 8.42 Å². The molecule has 0 amide bonds. The Labute approximate surface area is 96.8 Å². The van der Waals surface area contributed by atoms with Crippen LogP contribution in [0.15, 0.2) is 18.7 Å². The lowest BCUT2D eigenvalue weighted by molar-refractivity contribution is 0.571. The highest BCUT2D eigenvalue weighted by Crippen LogP contribution is 1.90. The maximum Gasteiger partial charge on any atom is 0.147 e. The minimum Gasteiger partial charge on any atom is -0.337 e. The van der Waals surface area contributed by atoms with Gasteiger partial charge in [0.1, 0.15) is 9.84 Å². The number of rotatable bonds is 8.